The predicted molar refractivity (Wildman–Crippen MR) is 80.8 cm³/mol. The summed E-state index contributed by atoms with van der Waals surface area (Å²) in [5, 5.41) is 0. The summed E-state index contributed by atoms with van der Waals surface area (Å²) >= 11 is 0. The Balaban J connectivity index is 2.01. The van der Waals surface area contributed by atoms with E-state index in [9.17, 15) is 0 Å². The van der Waals surface area contributed by atoms with E-state index < -0.39 is 0 Å². The van der Waals surface area contributed by atoms with Crippen molar-refractivity contribution in [3.05, 3.63) is 71.3 Å². The first-order chi connectivity index (χ1) is 9.38. The van der Waals surface area contributed by atoms with Crippen LogP contribution in [0.3, 0.4) is 0 Å². The van der Waals surface area contributed by atoms with Crippen LogP contribution in [-0.2, 0) is 6.42 Å². The second-order valence-corrected chi connectivity index (χ2v) is 5.11. The molecule has 2 aromatic rings. The van der Waals surface area contributed by atoms with Crippen molar-refractivity contribution in [3.8, 4) is 0 Å². The molecule has 0 saturated carbocycles. The lowest BCUT2D eigenvalue weighted by Gasteiger charge is -2.23. The van der Waals surface area contributed by atoms with Crippen LogP contribution in [0.1, 0.15) is 42.5 Å². The van der Waals surface area contributed by atoms with E-state index in [1.54, 1.807) is 0 Å². The average molecular weight is 249 g/mol. The van der Waals surface area contributed by atoms with Crippen molar-refractivity contribution in [2.24, 2.45) is 4.99 Å². The molecular weight excluding hydrogens is 230 g/mol. The summed E-state index contributed by atoms with van der Waals surface area (Å²) in [4.78, 5) is 5.00. The minimum absolute atomic E-state index is 0.289. The molecule has 19 heavy (non-hydrogen) atoms. The fourth-order valence-electron chi connectivity index (χ4n) is 2.80. The van der Waals surface area contributed by atoms with Gasteiger partial charge in [-0.05, 0) is 29.5 Å². The summed E-state index contributed by atoms with van der Waals surface area (Å²) in [7, 11) is 0. The van der Waals surface area contributed by atoms with Gasteiger partial charge >= 0.3 is 0 Å². The van der Waals surface area contributed by atoms with Crippen molar-refractivity contribution in [1.29, 1.82) is 0 Å². The van der Waals surface area contributed by atoms with Crippen LogP contribution in [0, 0.1) is 0 Å². The molecule has 3 rings (SSSR count). The van der Waals surface area contributed by atoms with E-state index in [0.717, 1.165) is 19.3 Å². The number of hydrogen-bond donors (Lipinski definition) is 0. The molecule has 0 bridgehead atoms. The molecule has 1 aliphatic rings. The first kappa shape index (κ1) is 12.2. The van der Waals surface area contributed by atoms with Crippen molar-refractivity contribution in [1.82, 2.24) is 0 Å². The van der Waals surface area contributed by atoms with E-state index in [2.05, 4.69) is 61.5 Å². The Morgan fingerprint density at radius 2 is 1.74 bits per heavy atom. The third kappa shape index (κ3) is 2.46. The molecule has 2 aromatic carbocycles. The van der Waals surface area contributed by atoms with Gasteiger partial charge in [-0.15, -0.1) is 0 Å². The maximum atomic E-state index is 5.00. The van der Waals surface area contributed by atoms with Crippen LogP contribution in [0.25, 0.3) is 0 Å². The van der Waals surface area contributed by atoms with E-state index in [4.69, 9.17) is 4.99 Å². The molecule has 1 unspecified atom stereocenters. The second-order valence-electron chi connectivity index (χ2n) is 5.11. The van der Waals surface area contributed by atoms with Gasteiger partial charge in [0.1, 0.15) is 0 Å². The van der Waals surface area contributed by atoms with Crippen molar-refractivity contribution in [2.75, 3.05) is 0 Å². The van der Waals surface area contributed by atoms with Crippen molar-refractivity contribution in [2.45, 2.75) is 32.2 Å². The zero-order chi connectivity index (χ0) is 13.1. The van der Waals surface area contributed by atoms with E-state index in [1.807, 2.05) is 0 Å². The zero-order valence-electron chi connectivity index (χ0n) is 11.3. The van der Waals surface area contributed by atoms with E-state index in [0.29, 0.717) is 0 Å². The molecule has 0 aromatic heterocycles. The van der Waals surface area contributed by atoms with Gasteiger partial charge in [0.15, 0.2) is 0 Å². The number of rotatable bonds is 3. The lowest BCUT2D eigenvalue weighted by molar-refractivity contribution is 0.705. The number of fused-ring (bicyclic) bond motifs is 1. The standard InChI is InChI=1S/C18H19N/c1-2-8-17-16-12-7-6-11-15(16)13-18(19-17)14-9-4-3-5-10-14/h3-7,9-12,18H,2,8,13H2,1H3. The Morgan fingerprint density at radius 3 is 2.53 bits per heavy atom. The molecule has 1 heteroatoms. The van der Waals surface area contributed by atoms with Crippen LogP contribution in [-0.4, -0.2) is 5.71 Å². The molecule has 0 radical (unpaired) electrons. The molecule has 0 spiro atoms. The second kappa shape index (κ2) is 5.40. The van der Waals surface area contributed by atoms with Gasteiger partial charge in [-0.2, -0.15) is 0 Å². The molecular formula is C18H19N. The number of aliphatic imine (C=N–C) groups is 1. The van der Waals surface area contributed by atoms with Crippen LogP contribution < -0.4 is 0 Å². The van der Waals surface area contributed by atoms with E-state index in [1.165, 1.54) is 22.4 Å². The van der Waals surface area contributed by atoms with Gasteiger partial charge < -0.3 is 0 Å². The first-order valence-corrected chi connectivity index (χ1v) is 7.08. The number of hydrogen-bond acceptors (Lipinski definition) is 1. The van der Waals surface area contributed by atoms with E-state index in [-0.39, 0.29) is 6.04 Å². The molecule has 1 atom stereocenters. The third-order valence-corrected chi connectivity index (χ3v) is 3.72. The Morgan fingerprint density at radius 1 is 1.00 bits per heavy atom. The van der Waals surface area contributed by atoms with Gasteiger partial charge in [0, 0.05) is 5.71 Å². The third-order valence-electron chi connectivity index (χ3n) is 3.72. The Bertz CT molecular complexity index is 584. The lowest BCUT2D eigenvalue weighted by Crippen LogP contribution is -2.16. The minimum atomic E-state index is 0.289. The molecule has 0 fully saturated rings. The molecule has 0 aliphatic carbocycles. The van der Waals surface area contributed by atoms with Gasteiger partial charge in [-0.3, -0.25) is 4.99 Å². The molecule has 1 nitrogen and oxygen atoms in total. The molecule has 96 valence electrons. The Kier molecular flexibility index (Phi) is 3.45. The Hall–Kier alpha value is -1.89. The molecule has 1 aliphatic heterocycles. The van der Waals surface area contributed by atoms with Crippen LogP contribution in [0.4, 0.5) is 0 Å². The van der Waals surface area contributed by atoms with Crippen LogP contribution in [0.5, 0.6) is 0 Å². The average Bonchev–Trinajstić information content (AvgIpc) is 2.48. The number of benzene rings is 2. The highest BCUT2D eigenvalue weighted by atomic mass is 14.8. The van der Waals surface area contributed by atoms with Gasteiger partial charge in [0.25, 0.3) is 0 Å². The smallest absolute Gasteiger partial charge is 0.0793 e. The summed E-state index contributed by atoms with van der Waals surface area (Å²) in [6.07, 6.45) is 3.24. The number of nitrogens with zero attached hydrogens (tertiary/aromatic N) is 1. The summed E-state index contributed by atoms with van der Waals surface area (Å²) in [6.45, 7) is 2.22. The highest BCUT2D eigenvalue weighted by molar-refractivity contribution is 6.02. The molecule has 0 saturated heterocycles. The summed E-state index contributed by atoms with van der Waals surface area (Å²) < 4.78 is 0. The van der Waals surface area contributed by atoms with Crippen LogP contribution in [0.15, 0.2) is 59.6 Å². The van der Waals surface area contributed by atoms with E-state index >= 15 is 0 Å². The lowest BCUT2D eigenvalue weighted by atomic mass is 9.89. The van der Waals surface area contributed by atoms with Gasteiger partial charge in [-0.1, -0.05) is 67.9 Å². The topological polar surface area (TPSA) is 12.4 Å². The van der Waals surface area contributed by atoms with Gasteiger partial charge in [-0.25, -0.2) is 0 Å². The Labute approximate surface area is 115 Å². The zero-order valence-corrected chi connectivity index (χ0v) is 11.3. The van der Waals surface area contributed by atoms with Crippen LogP contribution >= 0.6 is 0 Å². The summed E-state index contributed by atoms with van der Waals surface area (Å²) in [5.41, 5.74) is 5.40. The SMILES string of the molecule is CCCC1=NC(c2ccccc2)Cc2ccccc21. The highest BCUT2D eigenvalue weighted by Gasteiger charge is 2.20. The molecule has 0 amide bonds. The summed E-state index contributed by atoms with van der Waals surface area (Å²) in [5.74, 6) is 0. The van der Waals surface area contributed by atoms with Gasteiger partial charge in [0.05, 0.1) is 6.04 Å². The molecule has 0 N–H and O–H groups in total. The van der Waals surface area contributed by atoms with Crippen LogP contribution in [0.2, 0.25) is 0 Å². The minimum Gasteiger partial charge on any atom is -0.281 e. The normalized spacial score (nSPS) is 17.7. The maximum Gasteiger partial charge on any atom is 0.0793 e. The van der Waals surface area contributed by atoms with Crippen molar-refractivity contribution in [3.63, 3.8) is 0 Å². The van der Waals surface area contributed by atoms with Crippen molar-refractivity contribution >= 4 is 5.71 Å². The monoisotopic (exact) mass is 249 g/mol. The largest absolute Gasteiger partial charge is 0.281 e. The quantitative estimate of drug-likeness (QED) is 0.755. The fourth-order valence-corrected chi connectivity index (χ4v) is 2.80. The highest BCUT2D eigenvalue weighted by Crippen LogP contribution is 2.30. The summed E-state index contributed by atoms with van der Waals surface area (Å²) in [6, 6.07) is 19.6. The molecule has 1 heterocycles. The predicted octanol–water partition coefficient (Wildman–Crippen LogP) is 4.57. The first-order valence-electron chi connectivity index (χ1n) is 7.08. The fraction of sp³-hybridized carbons (Fsp3) is 0.278. The van der Waals surface area contributed by atoms with Crippen molar-refractivity contribution < 1.29 is 0 Å². The maximum absolute atomic E-state index is 5.00. The van der Waals surface area contributed by atoms with Gasteiger partial charge in [0.2, 0.25) is 0 Å².